The maximum Gasteiger partial charge on any atom is 0.308 e. The van der Waals surface area contributed by atoms with Crippen molar-refractivity contribution >= 4 is 17.3 Å². The number of aryl methyl sites for hydroxylation is 1. The third kappa shape index (κ3) is 8.33. The van der Waals surface area contributed by atoms with Gasteiger partial charge in [-0.25, -0.2) is 0 Å². The molecule has 0 atom stereocenters. The summed E-state index contributed by atoms with van der Waals surface area (Å²) in [6.45, 7) is 6.93. The Morgan fingerprint density at radius 3 is 1.93 bits per heavy atom. The van der Waals surface area contributed by atoms with E-state index >= 15 is 0 Å². The molecule has 0 fully saturated rings. The van der Waals surface area contributed by atoms with E-state index < -0.39 is 0 Å². The first-order valence-corrected chi connectivity index (χ1v) is 9.92. The molecule has 0 unspecified atom stereocenters. The van der Waals surface area contributed by atoms with Gasteiger partial charge in [0.05, 0.1) is 30.5 Å². The first-order chi connectivity index (χ1) is 13.5. The van der Waals surface area contributed by atoms with Gasteiger partial charge in [0.2, 0.25) is 0 Å². The first kappa shape index (κ1) is 21.6. The second kappa shape index (κ2) is 11.9. The van der Waals surface area contributed by atoms with E-state index in [1.54, 1.807) is 0 Å². The average molecular weight is 383 g/mol. The van der Waals surface area contributed by atoms with E-state index in [1.165, 1.54) is 5.56 Å². The first-order valence-electron chi connectivity index (χ1n) is 9.92. The lowest BCUT2D eigenvalue weighted by molar-refractivity contribution is -0.147. The fourth-order valence-corrected chi connectivity index (χ4v) is 2.42. The van der Waals surface area contributed by atoms with Crippen LogP contribution in [0.1, 0.15) is 45.1 Å². The number of unbranched alkanes of at least 4 members (excludes halogenated alkanes) is 3. The highest BCUT2D eigenvalue weighted by Gasteiger charge is 2.06. The molecule has 2 aromatic rings. The Kier molecular flexibility index (Phi) is 9.19. The van der Waals surface area contributed by atoms with Crippen molar-refractivity contribution in [3.63, 3.8) is 0 Å². The molecule has 0 bridgehead atoms. The topological polar surface area (TPSA) is 60.3 Å². The third-order valence-electron chi connectivity index (χ3n) is 4.17. The maximum atomic E-state index is 11.3. The minimum Gasteiger partial charge on any atom is -0.494 e. The number of nitrogens with zero attached hydrogens (tertiary/aromatic N) is 2. The van der Waals surface area contributed by atoms with Gasteiger partial charge in [-0.2, -0.15) is 10.2 Å². The molecule has 0 N–H and O–H groups in total. The molecule has 28 heavy (non-hydrogen) atoms. The Morgan fingerprint density at radius 2 is 1.36 bits per heavy atom. The third-order valence-corrected chi connectivity index (χ3v) is 4.17. The van der Waals surface area contributed by atoms with E-state index in [9.17, 15) is 4.79 Å². The van der Waals surface area contributed by atoms with Crippen molar-refractivity contribution in [2.24, 2.45) is 16.1 Å². The Balaban J connectivity index is 1.60. The van der Waals surface area contributed by atoms with Crippen LogP contribution in [-0.2, 0) is 9.53 Å². The monoisotopic (exact) mass is 382 g/mol. The summed E-state index contributed by atoms with van der Waals surface area (Å²) in [5, 5.41) is 8.47. The Hall–Kier alpha value is -2.69. The summed E-state index contributed by atoms with van der Waals surface area (Å²) in [4.78, 5) is 11.3. The van der Waals surface area contributed by atoms with Crippen LogP contribution >= 0.6 is 0 Å². The molecular weight excluding hydrogens is 352 g/mol. The van der Waals surface area contributed by atoms with E-state index in [4.69, 9.17) is 9.47 Å². The molecule has 0 aliphatic carbocycles. The molecule has 5 heteroatoms. The highest BCUT2D eigenvalue weighted by molar-refractivity contribution is 5.71. The van der Waals surface area contributed by atoms with Gasteiger partial charge < -0.3 is 9.47 Å². The summed E-state index contributed by atoms with van der Waals surface area (Å²) in [6.07, 6.45) is 3.97. The van der Waals surface area contributed by atoms with Crippen LogP contribution in [0.15, 0.2) is 58.8 Å². The minimum absolute atomic E-state index is 0.0520. The van der Waals surface area contributed by atoms with Crippen LogP contribution in [-0.4, -0.2) is 19.2 Å². The molecule has 0 amide bonds. The lowest BCUT2D eigenvalue weighted by atomic mass is 10.2. The van der Waals surface area contributed by atoms with Crippen LogP contribution in [0.4, 0.5) is 11.4 Å². The van der Waals surface area contributed by atoms with Gasteiger partial charge in [-0.05, 0) is 69.0 Å². The van der Waals surface area contributed by atoms with E-state index in [0.717, 1.165) is 42.8 Å². The summed E-state index contributed by atoms with van der Waals surface area (Å²) in [6, 6.07) is 15.6. The molecule has 0 heterocycles. The largest absolute Gasteiger partial charge is 0.494 e. The molecule has 0 spiro atoms. The SMILES string of the molecule is Cc1ccc(N=Nc2ccc(OCCCCCCOC(=O)C(C)C)cc2)cc1. The molecule has 0 saturated heterocycles. The molecule has 0 saturated carbocycles. The average Bonchev–Trinajstić information content (AvgIpc) is 2.70. The smallest absolute Gasteiger partial charge is 0.308 e. The number of ether oxygens (including phenoxy) is 2. The van der Waals surface area contributed by atoms with Crippen LogP contribution < -0.4 is 4.74 Å². The van der Waals surface area contributed by atoms with Crippen molar-refractivity contribution in [2.45, 2.75) is 46.5 Å². The van der Waals surface area contributed by atoms with Crippen LogP contribution in [0, 0.1) is 12.8 Å². The van der Waals surface area contributed by atoms with Crippen LogP contribution in [0.2, 0.25) is 0 Å². The normalized spacial score (nSPS) is 11.1. The molecule has 0 aliphatic heterocycles. The Bertz CT molecular complexity index is 737. The molecule has 2 aromatic carbocycles. The van der Waals surface area contributed by atoms with Crippen molar-refractivity contribution in [1.82, 2.24) is 0 Å². The standard InChI is InChI=1S/C23H30N2O3/c1-18(2)23(26)28-17-7-5-4-6-16-27-22-14-12-21(13-15-22)25-24-20-10-8-19(3)9-11-20/h8-15,18H,4-7,16-17H2,1-3H3. The van der Waals surface area contributed by atoms with Crippen molar-refractivity contribution in [1.29, 1.82) is 0 Å². The van der Waals surface area contributed by atoms with Crippen molar-refractivity contribution in [2.75, 3.05) is 13.2 Å². The van der Waals surface area contributed by atoms with Gasteiger partial charge in [0, 0.05) is 0 Å². The van der Waals surface area contributed by atoms with E-state index in [1.807, 2.05) is 69.3 Å². The zero-order valence-electron chi connectivity index (χ0n) is 17.1. The summed E-state index contributed by atoms with van der Waals surface area (Å²) in [5.41, 5.74) is 2.84. The fourth-order valence-electron chi connectivity index (χ4n) is 2.42. The van der Waals surface area contributed by atoms with Gasteiger partial charge in [-0.3, -0.25) is 4.79 Å². The molecule has 2 rings (SSSR count). The van der Waals surface area contributed by atoms with E-state index in [-0.39, 0.29) is 11.9 Å². The Labute approximate surface area is 167 Å². The van der Waals surface area contributed by atoms with Crippen LogP contribution in [0.3, 0.4) is 0 Å². The number of benzene rings is 2. The predicted molar refractivity (Wildman–Crippen MR) is 112 cm³/mol. The van der Waals surface area contributed by atoms with Crippen molar-refractivity contribution in [3.05, 3.63) is 54.1 Å². The number of carbonyl (C=O) groups excluding carboxylic acids is 1. The van der Waals surface area contributed by atoms with E-state index in [0.29, 0.717) is 13.2 Å². The van der Waals surface area contributed by atoms with Crippen molar-refractivity contribution in [3.8, 4) is 5.75 Å². The number of azo groups is 1. The quantitative estimate of drug-likeness (QED) is 0.251. The van der Waals surface area contributed by atoms with Gasteiger partial charge >= 0.3 is 5.97 Å². The number of hydrogen-bond acceptors (Lipinski definition) is 5. The van der Waals surface area contributed by atoms with Gasteiger partial charge in [0.25, 0.3) is 0 Å². The van der Waals surface area contributed by atoms with Crippen LogP contribution in [0.5, 0.6) is 5.75 Å². The summed E-state index contributed by atoms with van der Waals surface area (Å²) in [7, 11) is 0. The molecule has 5 nitrogen and oxygen atoms in total. The number of carbonyl (C=O) groups is 1. The summed E-state index contributed by atoms with van der Waals surface area (Å²) < 4.78 is 10.9. The second-order valence-electron chi connectivity index (χ2n) is 7.11. The van der Waals surface area contributed by atoms with Gasteiger partial charge in [0.15, 0.2) is 0 Å². The summed E-state index contributed by atoms with van der Waals surface area (Å²) in [5.74, 6) is 0.661. The predicted octanol–water partition coefficient (Wildman–Crippen LogP) is 6.55. The lowest BCUT2D eigenvalue weighted by Crippen LogP contribution is -2.12. The fraction of sp³-hybridized carbons (Fsp3) is 0.435. The lowest BCUT2D eigenvalue weighted by Gasteiger charge is -2.08. The molecular formula is C23H30N2O3. The van der Waals surface area contributed by atoms with Crippen LogP contribution in [0.25, 0.3) is 0 Å². The maximum absolute atomic E-state index is 11.3. The molecule has 0 radical (unpaired) electrons. The number of rotatable bonds is 11. The second-order valence-corrected chi connectivity index (χ2v) is 7.11. The Morgan fingerprint density at radius 1 is 0.821 bits per heavy atom. The molecule has 150 valence electrons. The van der Waals surface area contributed by atoms with Gasteiger partial charge in [-0.1, -0.05) is 31.5 Å². The highest BCUT2D eigenvalue weighted by atomic mass is 16.5. The summed E-state index contributed by atoms with van der Waals surface area (Å²) >= 11 is 0. The van der Waals surface area contributed by atoms with E-state index in [2.05, 4.69) is 10.2 Å². The van der Waals surface area contributed by atoms with Crippen molar-refractivity contribution < 1.29 is 14.3 Å². The highest BCUT2D eigenvalue weighted by Crippen LogP contribution is 2.21. The molecule has 0 aliphatic rings. The molecule has 0 aromatic heterocycles. The minimum atomic E-state index is -0.120. The van der Waals surface area contributed by atoms with Gasteiger partial charge in [0.1, 0.15) is 5.75 Å². The zero-order chi connectivity index (χ0) is 20.2. The zero-order valence-corrected chi connectivity index (χ0v) is 17.1. The number of hydrogen-bond donors (Lipinski definition) is 0. The van der Waals surface area contributed by atoms with Gasteiger partial charge in [-0.15, -0.1) is 0 Å². The number of esters is 1.